The normalized spacial score (nSPS) is 11.9. The van der Waals surface area contributed by atoms with Gasteiger partial charge in [-0.05, 0) is 43.8 Å². The highest BCUT2D eigenvalue weighted by atomic mass is 32.2. The van der Waals surface area contributed by atoms with Gasteiger partial charge in [-0.3, -0.25) is 9.52 Å². The summed E-state index contributed by atoms with van der Waals surface area (Å²) in [5, 5.41) is 15.1. The number of aliphatic hydroxyl groups is 1. The Hall–Kier alpha value is -4.02. The number of nitrogens with zero attached hydrogens (tertiary/aromatic N) is 2. The fourth-order valence-corrected chi connectivity index (χ4v) is 4.24. The molecule has 3 aromatic rings. The van der Waals surface area contributed by atoms with Gasteiger partial charge in [0, 0.05) is 42.4 Å². The number of likely N-dealkylation sites (N-methyl/N-ethyl adjacent to an activating group) is 1. The molecule has 2 aromatic carbocycles. The zero-order chi connectivity index (χ0) is 29.3. The number of Topliss-reactive ketones (excluding diaryl/α,β-unsaturated/α-hetero) is 1. The van der Waals surface area contributed by atoms with E-state index in [1.54, 1.807) is 24.3 Å². The third-order valence-corrected chi connectivity index (χ3v) is 6.48. The van der Waals surface area contributed by atoms with Gasteiger partial charge in [0.05, 0.1) is 11.8 Å². The van der Waals surface area contributed by atoms with Crippen molar-refractivity contribution in [3.8, 4) is 23.3 Å². The Morgan fingerprint density at radius 2 is 1.82 bits per heavy atom. The minimum atomic E-state index is -4.06. The molecule has 0 radical (unpaired) electrons. The number of anilines is 2. The minimum absolute atomic E-state index is 0.0630. The van der Waals surface area contributed by atoms with Crippen LogP contribution in [-0.4, -0.2) is 54.9 Å². The molecular weight excluding hydrogens is 537 g/mol. The Morgan fingerprint density at radius 3 is 2.45 bits per heavy atom. The molecule has 0 saturated carbocycles. The molecule has 212 valence electrons. The van der Waals surface area contributed by atoms with Crippen molar-refractivity contribution in [2.45, 2.75) is 32.8 Å². The molecule has 1 unspecified atom stereocenters. The molecule has 40 heavy (non-hydrogen) atoms. The number of ether oxygens (including phenoxy) is 1. The molecule has 1 aromatic heterocycles. The summed E-state index contributed by atoms with van der Waals surface area (Å²) < 4.78 is 44.5. The van der Waals surface area contributed by atoms with Crippen LogP contribution in [-0.2, 0) is 10.2 Å². The molecule has 0 saturated heterocycles. The number of hydrogen-bond acceptors (Lipinski definition) is 8. The van der Waals surface area contributed by atoms with Crippen LogP contribution in [0, 0.1) is 17.7 Å². The van der Waals surface area contributed by atoms with E-state index in [0.717, 1.165) is 19.2 Å². The molecule has 10 nitrogen and oxygen atoms in total. The quantitative estimate of drug-likeness (QED) is 0.191. The van der Waals surface area contributed by atoms with Crippen LogP contribution in [0.25, 0.3) is 0 Å². The van der Waals surface area contributed by atoms with E-state index in [2.05, 4.69) is 21.7 Å². The highest BCUT2D eigenvalue weighted by Gasteiger charge is 2.14. The van der Waals surface area contributed by atoms with Crippen molar-refractivity contribution in [1.82, 2.24) is 9.88 Å². The molecule has 1 heterocycles. The second kappa shape index (κ2) is 13.9. The molecule has 12 heteroatoms. The number of rotatable bonds is 12. The van der Waals surface area contributed by atoms with Crippen molar-refractivity contribution < 1.29 is 27.4 Å². The van der Waals surface area contributed by atoms with E-state index < -0.39 is 22.1 Å². The number of aromatic nitrogens is 1. The number of hydrogen-bond donors (Lipinski definition) is 4. The van der Waals surface area contributed by atoms with E-state index in [9.17, 15) is 22.7 Å². The predicted octanol–water partition coefficient (Wildman–Crippen LogP) is 3.28. The SMILES string of the molecule is CCN(CC)CC(O)CCC(=O)c1ccc(C#Cc2c(Oc3ccc(NS(N)(=O)=O)cc3F)ccnc2N)cc1. The van der Waals surface area contributed by atoms with Crippen LogP contribution in [0.1, 0.15) is 48.2 Å². The van der Waals surface area contributed by atoms with Gasteiger partial charge >= 0.3 is 0 Å². The predicted molar refractivity (Wildman–Crippen MR) is 152 cm³/mol. The maximum atomic E-state index is 14.6. The minimum Gasteiger partial charge on any atom is -0.453 e. The fourth-order valence-electron chi connectivity index (χ4n) is 3.79. The van der Waals surface area contributed by atoms with Crippen LogP contribution in [0.5, 0.6) is 11.5 Å². The summed E-state index contributed by atoms with van der Waals surface area (Å²) in [6.45, 7) is 6.27. The number of benzene rings is 2. The van der Waals surface area contributed by atoms with Crippen molar-refractivity contribution in [1.29, 1.82) is 0 Å². The van der Waals surface area contributed by atoms with Gasteiger partial charge in [-0.2, -0.15) is 8.42 Å². The van der Waals surface area contributed by atoms with E-state index in [4.69, 9.17) is 15.6 Å². The van der Waals surface area contributed by atoms with Gasteiger partial charge in [0.2, 0.25) is 0 Å². The number of ketones is 1. The maximum Gasteiger partial charge on any atom is 0.296 e. The zero-order valence-electron chi connectivity index (χ0n) is 22.2. The number of nitrogens with two attached hydrogens (primary N) is 2. The first-order valence-electron chi connectivity index (χ1n) is 12.6. The van der Waals surface area contributed by atoms with Gasteiger partial charge in [0.15, 0.2) is 17.3 Å². The molecule has 0 amide bonds. The van der Waals surface area contributed by atoms with E-state index >= 15 is 0 Å². The highest BCUT2D eigenvalue weighted by molar-refractivity contribution is 7.90. The number of carbonyl (C=O) groups excluding carboxylic acids is 1. The lowest BCUT2D eigenvalue weighted by molar-refractivity contribution is 0.0877. The summed E-state index contributed by atoms with van der Waals surface area (Å²) in [7, 11) is -4.06. The molecule has 1 atom stereocenters. The molecule has 0 aliphatic heterocycles. The van der Waals surface area contributed by atoms with Gasteiger partial charge in [-0.15, -0.1) is 0 Å². The van der Waals surface area contributed by atoms with Gasteiger partial charge in [0.25, 0.3) is 10.2 Å². The third-order valence-electron chi connectivity index (χ3n) is 5.96. The first-order chi connectivity index (χ1) is 19.0. The van der Waals surface area contributed by atoms with Gasteiger partial charge in [-0.25, -0.2) is 14.5 Å². The monoisotopic (exact) mass is 569 g/mol. The lowest BCUT2D eigenvalue weighted by Crippen LogP contribution is -2.32. The summed E-state index contributed by atoms with van der Waals surface area (Å²) in [5.41, 5.74) is 7.25. The molecular formula is C28H32FN5O5S. The van der Waals surface area contributed by atoms with Gasteiger partial charge in [0.1, 0.15) is 17.1 Å². The summed E-state index contributed by atoms with van der Waals surface area (Å²) in [4.78, 5) is 18.7. The molecule has 0 bridgehead atoms. The summed E-state index contributed by atoms with van der Waals surface area (Å²) >= 11 is 0. The Bertz CT molecular complexity index is 1500. The number of aliphatic hydroxyl groups excluding tert-OH is 1. The zero-order valence-corrected chi connectivity index (χ0v) is 23.0. The molecule has 0 aliphatic carbocycles. The van der Waals surface area contributed by atoms with E-state index in [1.165, 1.54) is 24.4 Å². The maximum absolute atomic E-state index is 14.6. The van der Waals surface area contributed by atoms with Gasteiger partial charge in [-0.1, -0.05) is 37.8 Å². The van der Waals surface area contributed by atoms with E-state index in [0.29, 0.717) is 24.1 Å². The number of pyridine rings is 1. The topological polar surface area (TPSA) is 161 Å². The Morgan fingerprint density at radius 1 is 1.12 bits per heavy atom. The van der Waals surface area contributed by atoms with Crippen LogP contribution in [0.2, 0.25) is 0 Å². The molecule has 0 spiro atoms. The summed E-state index contributed by atoms with van der Waals surface area (Å²) in [6.07, 6.45) is 1.42. The number of halogens is 1. The van der Waals surface area contributed by atoms with Crippen LogP contribution in [0.4, 0.5) is 15.9 Å². The van der Waals surface area contributed by atoms with Gasteiger partial charge < -0.3 is 20.5 Å². The standard InChI is InChI=1S/C28H32FN5O5S/c1-3-34(4-2)18-22(35)11-13-25(36)20-8-5-19(6-9-20)7-12-23-26(15-16-32-28(23)30)39-27-14-10-21(17-24(27)29)33-40(31,37)38/h5-6,8-10,14-17,22,33,35H,3-4,11,13,18H2,1-2H3,(H2,30,32)(H2,31,37,38). The number of nitrogens with one attached hydrogen (secondary N) is 1. The third kappa shape index (κ3) is 9.03. The second-order valence-electron chi connectivity index (χ2n) is 8.89. The van der Waals surface area contributed by atoms with Crippen molar-refractivity contribution in [2.24, 2.45) is 5.14 Å². The van der Waals surface area contributed by atoms with Crippen LogP contribution in [0.15, 0.2) is 54.7 Å². The smallest absolute Gasteiger partial charge is 0.296 e. The second-order valence-corrected chi connectivity index (χ2v) is 10.2. The lowest BCUT2D eigenvalue weighted by atomic mass is 10.0. The van der Waals surface area contributed by atoms with Crippen molar-refractivity contribution in [3.05, 3.63) is 77.2 Å². The number of nitrogen functional groups attached to an aromatic ring is 1. The Balaban J connectivity index is 1.70. The van der Waals surface area contributed by atoms with Crippen LogP contribution >= 0.6 is 0 Å². The fraction of sp³-hybridized carbons (Fsp3) is 0.286. The first kappa shape index (κ1) is 30.5. The Kier molecular flexibility index (Phi) is 10.6. The molecule has 0 fully saturated rings. The van der Waals surface area contributed by atoms with Crippen LogP contribution in [0.3, 0.4) is 0 Å². The van der Waals surface area contributed by atoms with E-state index in [-0.39, 0.29) is 40.8 Å². The Labute approximate surface area is 233 Å². The average Bonchev–Trinajstić information content (AvgIpc) is 2.91. The average molecular weight is 570 g/mol. The molecule has 0 aliphatic rings. The van der Waals surface area contributed by atoms with Crippen molar-refractivity contribution in [3.63, 3.8) is 0 Å². The highest BCUT2D eigenvalue weighted by Crippen LogP contribution is 2.30. The molecule has 3 rings (SSSR count). The largest absolute Gasteiger partial charge is 0.453 e. The van der Waals surface area contributed by atoms with Crippen molar-refractivity contribution >= 4 is 27.5 Å². The van der Waals surface area contributed by atoms with E-state index in [1.807, 2.05) is 18.6 Å². The van der Waals surface area contributed by atoms with Crippen molar-refractivity contribution in [2.75, 3.05) is 30.1 Å². The van der Waals surface area contributed by atoms with Crippen LogP contribution < -0.4 is 20.3 Å². The number of carbonyl (C=O) groups is 1. The summed E-state index contributed by atoms with van der Waals surface area (Å²) in [6, 6.07) is 11.6. The molecule has 6 N–H and O–H groups in total. The first-order valence-corrected chi connectivity index (χ1v) is 14.1. The summed E-state index contributed by atoms with van der Waals surface area (Å²) in [5.74, 6) is 4.91. The lowest BCUT2D eigenvalue weighted by Gasteiger charge is -2.21.